The SMILES string of the molecule is CCCO.CCCO.CCCO.[Pr]. The van der Waals surface area contributed by atoms with Crippen molar-refractivity contribution >= 4 is 0 Å². The molecule has 0 bridgehead atoms. The molecule has 0 aromatic carbocycles. The van der Waals surface area contributed by atoms with Crippen molar-refractivity contribution in [3.63, 3.8) is 0 Å². The molecule has 0 spiro atoms. The molecule has 0 aromatic heterocycles. The van der Waals surface area contributed by atoms with Crippen LogP contribution in [-0.2, 0) is 0 Å². The summed E-state index contributed by atoms with van der Waals surface area (Å²) in [6, 6.07) is 0. The first-order valence-corrected chi connectivity index (χ1v) is 4.57. The Kier molecular flexibility index (Phi) is 69.3. The summed E-state index contributed by atoms with van der Waals surface area (Å²) in [5, 5.41) is 23.6. The molecule has 0 unspecified atom stereocenters. The summed E-state index contributed by atoms with van der Waals surface area (Å²) in [6.07, 6.45) is 2.62. The van der Waals surface area contributed by atoms with Crippen LogP contribution in [0.5, 0.6) is 0 Å². The maximum atomic E-state index is 7.88. The third-order valence-electron chi connectivity index (χ3n) is 0.671. The molecule has 0 aromatic rings. The second-order valence-corrected chi connectivity index (χ2v) is 2.17. The zero-order chi connectivity index (χ0) is 10.2. The van der Waals surface area contributed by atoms with Crippen LogP contribution in [0.3, 0.4) is 0 Å². The molecule has 13 heavy (non-hydrogen) atoms. The fraction of sp³-hybridized carbons (Fsp3) is 1.00. The van der Waals surface area contributed by atoms with Gasteiger partial charge < -0.3 is 15.3 Å². The molecule has 1 radical (unpaired) electrons. The Morgan fingerprint density at radius 2 is 0.692 bits per heavy atom. The monoisotopic (exact) mass is 321 g/mol. The van der Waals surface area contributed by atoms with Crippen molar-refractivity contribution in [3.8, 4) is 0 Å². The van der Waals surface area contributed by atoms with E-state index in [0.717, 1.165) is 19.3 Å². The zero-order valence-electron chi connectivity index (χ0n) is 9.16. The van der Waals surface area contributed by atoms with Crippen LogP contribution in [0, 0.1) is 41.3 Å². The summed E-state index contributed by atoms with van der Waals surface area (Å²) in [4.78, 5) is 0. The molecule has 0 heterocycles. The van der Waals surface area contributed by atoms with Crippen LogP contribution in [0.25, 0.3) is 0 Å². The molecule has 0 atom stereocenters. The molecule has 0 saturated heterocycles. The second-order valence-electron chi connectivity index (χ2n) is 2.17. The molecule has 3 nitrogen and oxygen atoms in total. The Bertz CT molecular complexity index is 30.3. The molecule has 0 aliphatic rings. The van der Waals surface area contributed by atoms with Crippen molar-refractivity contribution in [3.05, 3.63) is 0 Å². The number of aliphatic hydroxyl groups excluding tert-OH is 3. The normalized spacial score (nSPS) is 6.92. The quantitative estimate of drug-likeness (QED) is 0.731. The van der Waals surface area contributed by atoms with Gasteiger partial charge in [-0.2, -0.15) is 0 Å². The second kappa shape index (κ2) is 37.8. The van der Waals surface area contributed by atoms with Crippen molar-refractivity contribution in [1.29, 1.82) is 0 Å². The molecule has 4 heteroatoms. The van der Waals surface area contributed by atoms with E-state index in [0.29, 0.717) is 19.8 Å². The maximum Gasteiger partial charge on any atom is 0.0428 e. The summed E-state index contributed by atoms with van der Waals surface area (Å²) in [7, 11) is 0. The number of hydrogen-bond acceptors (Lipinski definition) is 3. The summed E-state index contributed by atoms with van der Waals surface area (Å²) in [5.41, 5.74) is 0. The van der Waals surface area contributed by atoms with E-state index in [1.807, 2.05) is 20.8 Å². The fourth-order valence-corrected chi connectivity index (χ4v) is 0. The van der Waals surface area contributed by atoms with E-state index in [1.165, 1.54) is 0 Å². The van der Waals surface area contributed by atoms with Gasteiger partial charge >= 0.3 is 0 Å². The van der Waals surface area contributed by atoms with Crippen LogP contribution >= 0.6 is 0 Å². The topological polar surface area (TPSA) is 60.7 Å². The van der Waals surface area contributed by atoms with Gasteiger partial charge in [-0.1, -0.05) is 20.8 Å². The van der Waals surface area contributed by atoms with Crippen molar-refractivity contribution in [1.82, 2.24) is 0 Å². The van der Waals surface area contributed by atoms with Gasteiger partial charge in [0.15, 0.2) is 0 Å². The van der Waals surface area contributed by atoms with Gasteiger partial charge in [-0.05, 0) is 19.3 Å². The van der Waals surface area contributed by atoms with Gasteiger partial charge in [0, 0.05) is 61.1 Å². The van der Waals surface area contributed by atoms with Crippen molar-refractivity contribution < 1.29 is 56.6 Å². The average Bonchev–Trinajstić information content (AvgIpc) is 2.18. The molecule has 0 rings (SSSR count). The summed E-state index contributed by atoms with van der Waals surface area (Å²) in [5.74, 6) is 0. The number of aliphatic hydroxyl groups is 3. The average molecular weight is 321 g/mol. The molecule has 0 amide bonds. The Morgan fingerprint density at radius 1 is 0.615 bits per heavy atom. The maximum absolute atomic E-state index is 7.88. The van der Waals surface area contributed by atoms with Gasteiger partial charge in [-0.3, -0.25) is 0 Å². The predicted octanol–water partition coefficient (Wildman–Crippen LogP) is 1.17. The first-order chi connectivity index (χ1) is 5.74. The van der Waals surface area contributed by atoms with E-state index in [2.05, 4.69) is 0 Å². The van der Waals surface area contributed by atoms with E-state index in [9.17, 15) is 0 Å². The molecular formula is C9H24O3Pr. The fourth-order valence-electron chi connectivity index (χ4n) is 0. The Balaban J connectivity index is -0.0000000450. The van der Waals surface area contributed by atoms with E-state index in [4.69, 9.17) is 15.3 Å². The standard InChI is InChI=1S/3C3H8O.Pr/c3*1-2-3-4;/h3*4H,2-3H2,1H3;. The summed E-state index contributed by atoms with van der Waals surface area (Å²) in [6.45, 7) is 6.75. The molecule has 3 N–H and O–H groups in total. The largest absolute Gasteiger partial charge is 0.396 e. The zero-order valence-corrected chi connectivity index (χ0v) is 12.9. The van der Waals surface area contributed by atoms with Crippen LogP contribution in [-0.4, -0.2) is 35.1 Å². The van der Waals surface area contributed by atoms with E-state index in [1.54, 1.807) is 0 Å². The molecule has 0 saturated carbocycles. The van der Waals surface area contributed by atoms with Gasteiger partial charge in [-0.15, -0.1) is 0 Å². The molecule has 81 valence electrons. The minimum absolute atomic E-state index is 0. The molecular weight excluding hydrogens is 297 g/mol. The molecule has 0 aliphatic heterocycles. The van der Waals surface area contributed by atoms with E-state index >= 15 is 0 Å². The van der Waals surface area contributed by atoms with E-state index < -0.39 is 0 Å². The third kappa shape index (κ3) is 93.0. The Morgan fingerprint density at radius 3 is 0.692 bits per heavy atom. The van der Waals surface area contributed by atoms with Gasteiger partial charge in [0.2, 0.25) is 0 Å². The van der Waals surface area contributed by atoms with Crippen molar-refractivity contribution in [2.75, 3.05) is 19.8 Å². The van der Waals surface area contributed by atoms with Crippen LogP contribution < -0.4 is 0 Å². The van der Waals surface area contributed by atoms with Gasteiger partial charge in [-0.25, -0.2) is 0 Å². The summed E-state index contributed by atoms with van der Waals surface area (Å²) >= 11 is 0. The minimum atomic E-state index is 0. The molecule has 0 fully saturated rings. The van der Waals surface area contributed by atoms with Crippen LogP contribution in [0.4, 0.5) is 0 Å². The van der Waals surface area contributed by atoms with E-state index in [-0.39, 0.29) is 41.3 Å². The van der Waals surface area contributed by atoms with Gasteiger partial charge in [0.05, 0.1) is 0 Å². The predicted molar refractivity (Wildman–Crippen MR) is 52.1 cm³/mol. The van der Waals surface area contributed by atoms with Crippen molar-refractivity contribution in [2.24, 2.45) is 0 Å². The Labute approximate surface area is 116 Å². The number of hydrogen-bond donors (Lipinski definition) is 3. The van der Waals surface area contributed by atoms with Gasteiger partial charge in [0.1, 0.15) is 0 Å². The van der Waals surface area contributed by atoms with Crippen LogP contribution in [0.2, 0.25) is 0 Å². The summed E-state index contributed by atoms with van der Waals surface area (Å²) < 4.78 is 0. The molecule has 0 aliphatic carbocycles. The van der Waals surface area contributed by atoms with Crippen LogP contribution in [0.15, 0.2) is 0 Å². The smallest absolute Gasteiger partial charge is 0.0428 e. The van der Waals surface area contributed by atoms with Crippen molar-refractivity contribution in [2.45, 2.75) is 40.0 Å². The number of rotatable bonds is 3. The third-order valence-corrected chi connectivity index (χ3v) is 0.671. The van der Waals surface area contributed by atoms with Crippen LogP contribution in [0.1, 0.15) is 40.0 Å². The van der Waals surface area contributed by atoms with Gasteiger partial charge in [0.25, 0.3) is 0 Å². The minimum Gasteiger partial charge on any atom is -0.396 e. The Hall–Kier alpha value is 1.24. The first-order valence-electron chi connectivity index (χ1n) is 4.57. The first kappa shape index (κ1) is 23.8.